The molecule has 3 aromatic carbocycles. The molecule has 3 amide bonds. The molecule has 0 bridgehead atoms. The summed E-state index contributed by atoms with van der Waals surface area (Å²) < 4.78 is 27.8. The molecule has 1 saturated heterocycles. The van der Waals surface area contributed by atoms with E-state index in [1.807, 2.05) is 30.3 Å². The second-order valence-corrected chi connectivity index (χ2v) is 10.0. The van der Waals surface area contributed by atoms with Gasteiger partial charge in [-0.05, 0) is 41.5 Å². The van der Waals surface area contributed by atoms with E-state index < -0.39 is 28.0 Å². The third-order valence-corrected chi connectivity index (χ3v) is 7.44. The molecule has 0 saturated carbocycles. The summed E-state index contributed by atoms with van der Waals surface area (Å²) in [6.07, 6.45) is 0.226. The highest BCUT2D eigenvalue weighted by molar-refractivity contribution is 7.89. The number of fused-ring (bicyclic) bond motifs is 1. The van der Waals surface area contributed by atoms with Crippen LogP contribution in [-0.2, 0) is 14.8 Å². The van der Waals surface area contributed by atoms with E-state index in [1.165, 1.54) is 6.07 Å². The number of amides is 3. The highest BCUT2D eigenvalue weighted by Gasteiger charge is 2.43. The van der Waals surface area contributed by atoms with E-state index >= 15 is 0 Å². The number of carbonyl (C=O) groups is 2. The molecule has 1 heterocycles. The van der Waals surface area contributed by atoms with E-state index in [2.05, 4.69) is 28.8 Å². The minimum atomic E-state index is -3.95. The maximum atomic E-state index is 13.3. The normalized spacial score (nSPS) is 18.9. The number of anilines is 1. The third-order valence-electron chi connectivity index (χ3n) is 5.19. The van der Waals surface area contributed by atoms with Gasteiger partial charge in [0, 0.05) is 17.5 Å². The number of para-hydroxylation sites is 1. The summed E-state index contributed by atoms with van der Waals surface area (Å²) in [6.45, 7) is 0.0899. The fourth-order valence-electron chi connectivity index (χ4n) is 3.64. The standard InChI is InChI=1S/C22H22N4O4S2/c27-21(24-25-22(28)23-17-8-2-1-3-9-17)20-13-18(31)14-26(20)32(29,30)19-11-10-15-6-4-5-7-16(15)12-19/h1-12,18,20,31H,13-14H2,(H,24,27)(H2,23,25,28). The molecule has 10 heteroatoms. The fraction of sp³-hybridized carbons (Fsp3) is 0.182. The number of carbonyl (C=O) groups excluding carboxylic acids is 2. The first-order valence-electron chi connectivity index (χ1n) is 9.95. The Morgan fingerprint density at radius 2 is 1.59 bits per heavy atom. The Balaban J connectivity index is 1.48. The van der Waals surface area contributed by atoms with Crippen LogP contribution in [0, 0.1) is 0 Å². The average Bonchev–Trinajstić information content (AvgIpc) is 3.20. The van der Waals surface area contributed by atoms with Gasteiger partial charge in [0.25, 0.3) is 5.91 Å². The lowest BCUT2D eigenvalue weighted by Crippen LogP contribution is -2.52. The topological polar surface area (TPSA) is 108 Å². The molecule has 8 nitrogen and oxygen atoms in total. The summed E-state index contributed by atoms with van der Waals surface area (Å²) >= 11 is 4.40. The maximum Gasteiger partial charge on any atom is 0.337 e. The number of hydrogen-bond acceptors (Lipinski definition) is 5. The lowest BCUT2D eigenvalue weighted by atomic mass is 10.1. The van der Waals surface area contributed by atoms with Crippen molar-refractivity contribution in [3.8, 4) is 0 Å². The van der Waals surface area contributed by atoms with Crippen molar-refractivity contribution in [3.05, 3.63) is 72.8 Å². The van der Waals surface area contributed by atoms with Crippen molar-refractivity contribution in [2.75, 3.05) is 11.9 Å². The van der Waals surface area contributed by atoms with Crippen LogP contribution in [0.25, 0.3) is 10.8 Å². The van der Waals surface area contributed by atoms with Crippen LogP contribution in [0.15, 0.2) is 77.7 Å². The van der Waals surface area contributed by atoms with E-state index in [0.29, 0.717) is 5.69 Å². The Kier molecular flexibility index (Phi) is 6.35. The van der Waals surface area contributed by atoms with E-state index in [9.17, 15) is 18.0 Å². The summed E-state index contributed by atoms with van der Waals surface area (Å²) in [6, 6.07) is 19.4. The van der Waals surface area contributed by atoms with Gasteiger partial charge in [-0.15, -0.1) is 0 Å². The van der Waals surface area contributed by atoms with E-state index in [1.54, 1.807) is 36.4 Å². The first kappa shape index (κ1) is 22.1. The smallest absolute Gasteiger partial charge is 0.307 e. The van der Waals surface area contributed by atoms with Crippen molar-refractivity contribution >= 4 is 51.1 Å². The Morgan fingerprint density at radius 3 is 2.34 bits per heavy atom. The monoisotopic (exact) mass is 470 g/mol. The number of nitrogens with one attached hydrogen (secondary N) is 3. The Hall–Kier alpha value is -3.08. The highest BCUT2D eigenvalue weighted by atomic mass is 32.2. The molecular formula is C22H22N4O4S2. The van der Waals surface area contributed by atoms with Crippen molar-refractivity contribution in [3.63, 3.8) is 0 Å². The van der Waals surface area contributed by atoms with Gasteiger partial charge in [0.15, 0.2) is 0 Å². The molecular weight excluding hydrogens is 448 g/mol. The quantitative estimate of drug-likeness (QED) is 0.347. The number of benzene rings is 3. The van der Waals surface area contributed by atoms with Crippen molar-refractivity contribution in [2.45, 2.75) is 22.6 Å². The highest BCUT2D eigenvalue weighted by Crippen LogP contribution is 2.30. The van der Waals surface area contributed by atoms with Gasteiger partial charge in [-0.1, -0.05) is 48.5 Å². The number of sulfonamides is 1. The number of hydrazine groups is 1. The van der Waals surface area contributed by atoms with Gasteiger partial charge in [0.1, 0.15) is 6.04 Å². The molecule has 1 aliphatic heterocycles. The Bertz CT molecular complexity index is 1250. The Morgan fingerprint density at radius 1 is 0.906 bits per heavy atom. The minimum absolute atomic E-state index is 0.0899. The average molecular weight is 471 g/mol. The molecule has 2 atom stereocenters. The lowest BCUT2D eigenvalue weighted by Gasteiger charge is -2.23. The first-order chi connectivity index (χ1) is 15.3. The second kappa shape index (κ2) is 9.19. The number of hydrogen-bond donors (Lipinski definition) is 4. The second-order valence-electron chi connectivity index (χ2n) is 7.42. The van der Waals surface area contributed by atoms with E-state index in [4.69, 9.17) is 0 Å². The molecule has 0 aromatic heterocycles. The van der Waals surface area contributed by atoms with Crippen LogP contribution in [0.3, 0.4) is 0 Å². The zero-order chi connectivity index (χ0) is 22.7. The lowest BCUT2D eigenvalue weighted by molar-refractivity contribution is -0.124. The predicted octanol–water partition coefficient (Wildman–Crippen LogP) is 2.75. The molecule has 3 N–H and O–H groups in total. The summed E-state index contributed by atoms with van der Waals surface area (Å²) in [5, 5.41) is 3.97. The van der Waals surface area contributed by atoms with Crippen LogP contribution < -0.4 is 16.2 Å². The number of thiol groups is 1. The molecule has 0 aliphatic carbocycles. The minimum Gasteiger partial charge on any atom is -0.307 e. The summed E-state index contributed by atoms with van der Waals surface area (Å²) in [7, 11) is -3.95. The predicted molar refractivity (Wildman–Crippen MR) is 126 cm³/mol. The van der Waals surface area contributed by atoms with Crippen LogP contribution in [0.2, 0.25) is 0 Å². The Labute approximate surface area is 191 Å². The van der Waals surface area contributed by atoms with Crippen molar-refractivity contribution in [2.24, 2.45) is 0 Å². The van der Waals surface area contributed by atoms with Crippen molar-refractivity contribution < 1.29 is 18.0 Å². The fourth-order valence-corrected chi connectivity index (χ4v) is 5.80. The number of nitrogens with zero attached hydrogens (tertiary/aromatic N) is 1. The van der Waals surface area contributed by atoms with Gasteiger partial charge < -0.3 is 5.32 Å². The van der Waals surface area contributed by atoms with Gasteiger partial charge in [0.05, 0.1) is 4.90 Å². The molecule has 2 unspecified atom stereocenters. The molecule has 3 aromatic rings. The molecule has 32 heavy (non-hydrogen) atoms. The van der Waals surface area contributed by atoms with Crippen molar-refractivity contribution in [1.82, 2.24) is 15.2 Å². The summed E-state index contributed by atoms with van der Waals surface area (Å²) in [5.41, 5.74) is 5.12. The van der Waals surface area contributed by atoms with E-state index in [0.717, 1.165) is 15.1 Å². The summed E-state index contributed by atoms with van der Waals surface area (Å²) in [4.78, 5) is 24.9. The van der Waals surface area contributed by atoms with Gasteiger partial charge in [0.2, 0.25) is 10.0 Å². The van der Waals surface area contributed by atoms with Crippen LogP contribution in [0.5, 0.6) is 0 Å². The molecule has 0 radical (unpaired) electrons. The van der Waals surface area contributed by atoms with Crippen LogP contribution in [-0.4, -0.2) is 42.5 Å². The summed E-state index contributed by atoms with van der Waals surface area (Å²) in [5.74, 6) is -0.630. The van der Waals surface area contributed by atoms with Crippen LogP contribution in [0.4, 0.5) is 10.5 Å². The molecule has 4 rings (SSSR count). The van der Waals surface area contributed by atoms with Crippen LogP contribution in [0.1, 0.15) is 6.42 Å². The van der Waals surface area contributed by atoms with Crippen LogP contribution >= 0.6 is 12.6 Å². The molecule has 166 valence electrons. The maximum absolute atomic E-state index is 13.3. The SMILES string of the molecule is O=C(NNC(=O)C1CC(S)CN1S(=O)(=O)c1ccc2ccccc2c1)Nc1ccccc1. The van der Waals surface area contributed by atoms with Crippen molar-refractivity contribution in [1.29, 1.82) is 0 Å². The zero-order valence-electron chi connectivity index (χ0n) is 16.9. The third kappa shape index (κ3) is 4.72. The first-order valence-corrected chi connectivity index (χ1v) is 11.9. The molecule has 1 aliphatic rings. The molecule has 1 fully saturated rings. The van der Waals surface area contributed by atoms with Gasteiger partial charge in [-0.3, -0.25) is 10.2 Å². The largest absolute Gasteiger partial charge is 0.337 e. The van der Waals surface area contributed by atoms with E-state index in [-0.39, 0.29) is 23.1 Å². The number of rotatable bonds is 4. The van der Waals surface area contributed by atoms with Gasteiger partial charge in [-0.25, -0.2) is 18.6 Å². The number of urea groups is 1. The van der Waals surface area contributed by atoms with Gasteiger partial charge in [-0.2, -0.15) is 16.9 Å². The van der Waals surface area contributed by atoms with Gasteiger partial charge >= 0.3 is 6.03 Å². The molecule has 0 spiro atoms. The zero-order valence-corrected chi connectivity index (χ0v) is 18.6.